The summed E-state index contributed by atoms with van der Waals surface area (Å²) in [5.41, 5.74) is 0.0868. The molecule has 1 fully saturated rings. The first-order chi connectivity index (χ1) is 21.0. The van der Waals surface area contributed by atoms with Crippen LogP contribution in [0.15, 0.2) is 58.5 Å². The lowest BCUT2D eigenvalue weighted by atomic mass is 9.99. The van der Waals surface area contributed by atoms with Gasteiger partial charge in [-0.1, -0.05) is 48.2 Å². The summed E-state index contributed by atoms with van der Waals surface area (Å²) in [7, 11) is 0. The fourth-order valence-electron chi connectivity index (χ4n) is 4.60. The van der Waals surface area contributed by atoms with Crippen LogP contribution in [-0.4, -0.2) is 82.9 Å². The van der Waals surface area contributed by atoms with Gasteiger partial charge in [-0.15, -0.1) is 11.3 Å². The van der Waals surface area contributed by atoms with E-state index in [2.05, 4.69) is 4.99 Å². The van der Waals surface area contributed by atoms with E-state index in [1.54, 1.807) is 6.08 Å². The van der Waals surface area contributed by atoms with Gasteiger partial charge in [0, 0.05) is 39.1 Å². The molecule has 0 aliphatic carbocycles. The van der Waals surface area contributed by atoms with Crippen molar-refractivity contribution in [2.24, 2.45) is 4.99 Å². The quantitative estimate of drug-likeness (QED) is 0.213. The van der Waals surface area contributed by atoms with Gasteiger partial charge in [0.2, 0.25) is 0 Å². The molecule has 0 radical (unpaired) electrons. The molecule has 5 atom stereocenters. The van der Waals surface area contributed by atoms with E-state index in [9.17, 15) is 24.0 Å². The molecule has 1 aromatic carbocycles. The second kappa shape index (κ2) is 15.1. The van der Waals surface area contributed by atoms with Gasteiger partial charge in [-0.25, -0.2) is 4.99 Å². The summed E-state index contributed by atoms with van der Waals surface area (Å²) in [5, 5.41) is 2.14. The summed E-state index contributed by atoms with van der Waals surface area (Å²) in [4.78, 5) is 68.7. The molecule has 2 aliphatic rings. The monoisotopic (exact) mass is 644 g/mol. The van der Waals surface area contributed by atoms with E-state index >= 15 is 0 Å². The number of thioether (sulfide) groups is 1. The van der Waals surface area contributed by atoms with Crippen molar-refractivity contribution < 1.29 is 47.7 Å². The van der Waals surface area contributed by atoms with E-state index in [4.69, 9.17) is 23.7 Å². The lowest BCUT2D eigenvalue weighted by Crippen LogP contribution is -2.61. The number of rotatable bonds is 10. The molecule has 0 spiro atoms. The number of ether oxygens (including phenoxy) is 5. The third-order valence-electron chi connectivity index (χ3n) is 6.37. The fraction of sp³-hybridized carbons (Fsp3) is 0.400. The molecule has 14 heteroatoms. The Balaban J connectivity index is 1.71. The first-order valence-electron chi connectivity index (χ1n) is 13.7. The normalized spacial score (nSPS) is 24.0. The van der Waals surface area contributed by atoms with Gasteiger partial charge < -0.3 is 23.7 Å². The van der Waals surface area contributed by atoms with Crippen molar-refractivity contribution in [3.05, 3.63) is 64.0 Å². The average molecular weight is 645 g/mol. The third-order valence-corrected chi connectivity index (χ3v) is 8.32. The number of carbonyl (C=O) groups is 5. The molecular formula is C30H32N2O10S2. The highest BCUT2D eigenvalue weighted by Crippen LogP contribution is 2.37. The molecule has 0 N–H and O–H groups in total. The van der Waals surface area contributed by atoms with Crippen LogP contribution in [0.5, 0.6) is 0 Å². The maximum absolute atomic E-state index is 13.6. The van der Waals surface area contributed by atoms with Gasteiger partial charge in [-0.2, -0.15) is 0 Å². The van der Waals surface area contributed by atoms with Gasteiger partial charge in [0.05, 0.1) is 0 Å². The van der Waals surface area contributed by atoms with Crippen molar-refractivity contribution in [2.75, 3.05) is 13.2 Å². The maximum Gasteiger partial charge on any atom is 0.303 e. The molecule has 3 heterocycles. The number of benzene rings is 1. The number of aliphatic imine (C=N–C) groups is 1. The number of carbonyl (C=O) groups excluding carboxylic acids is 5. The summed E-state index contributed by atoms with van der Waals surface area (Å²) in [6.07, 6.45) is -2.82. The van der Waals surface area contributed by atoms with Gasteiger partial charge in [0.25, 0.3) is 5.91 Å². The van der Waals surface area contributed by atoms with E-state index in [-0.39, 0.29) is 29.9 Å². The van der Waals surface area contributed by atoms with Crippen LogP contribution in [0.1, 0.15) is 38.1 Å². The van der Waals surface area contributed by atoms with Crippen molar-refractivity contribution >= 4 is 64.1 Å². The summed E-state index contributed by atoms with van der Waals surface area (Å²) in [6.45, 7) is 4.60. The predicted molar refractivity (Wildman–Crippen MR) is 161 cm³/mol. The van der Waals surface area contributed by atoms with E-state index in [0.29, 0.717) is 6.42 Å². The van der Waals surface area contributed by atoms with Crippen LogP contribution < -0.4 is 0 Å². The van der Waals surface area contributed by atoms with Crippen LogP contribution in [0.3, 0.4) is 0 Å². The van der Waals surface area contributed by atoms with Crippen LogP contribution in [0.2, 0.25) is 0 Å². The molecule has 2 aromatic rings. The van der Waals surface area contributed by atoms with E-state index in [1.807, 2.05) is 47.8 Å². The highest BCUT2D eigenvalue weighted by atomic mass is 32.2. The van der Waals surface area contributed by atoms with Gasteiger partial charge in [-0.3, -0.25) is 28.9 Å². The predicted octanol–water partition coefficient (Wildman–Crippen LogP) is 3.35. The zero-order valence-electron chi connectivity index (χ0n) is 24.5. The lowest BCUT2D eigenvalue weighted by Gasteiger charge is -2.44. The average Bonchev–Trinajstić information content (AvgIpc) is 3.57. The van der Waals surface area contributed by atoms with Crippen molar-refractivity contribution in [3.63, 3.8) is 0 Å². The standard InChI is InChI=1S/C30H32N2O10S2/c1-17(33)38-16-24-25(39-18(2)34)26(40-19(3)35)27(41-20(4)36)29(42-24)44-30-31-23(15-22-11-8-14-43-22)28(37)32(30)13-12-21-9-6-5-7-10-21/h5-11,14-15,24-27,29H,12-13,16H2,1-4H3/b23-15-/t24-,25-,26+,27-,29+/m1/s1. The van der Waals surface area contributed by atoms with Gasteiger partial charge in [-0.05, 0) is 29.5 Å². The third kappa shape index (κ3) is 8.77. The molecular weight excluding hydrogens is 612 g/mol. The summed E-state index contributed by atoms with van der Waals surface area (Å²) in [6, 6.07) is 13.3. The Hall–Kier alpha value is -4.01. The Morgan fingerprint density at radius 2 is 1.57 bits per heavy atom. The lowest BCUT2D eigenvalue weighted by molar-refractivity contribution is -0.237. The molecule has 1 aromatic heterocycles. The first-order valence-corrected chi connectivity index (χ1v) is 15.4. The van der Waals surface area contributed by atoms with Gasteiger partial charge in [0.1, 0.15) is 18.4 Å². The number of esters is 4. The van der Waals surface area contributed by atoms with Crippen molar-refractivity contribution in [1.82, 2.24) is 4.90 Å². The van der Waals surface area contributed by atoms with Crippen molar-refractivity contribution in [1.29, 1.82) is 0 Å². The molecule has 4 rings (SSSR count). The molecule has 234 valence electrons. The van der Waals surface area contributed by atoms with E-state index in [0.717, 1.165) is 36.0 Å². The maximum atomic E-state index is 13.6. The number of thiophene rings is 1. The van der Waals surface area contributed by atoms with Crippen molar-refractivity contribution in [2.45, 2.75) is 64.0 Å². The number of amides is 1. The van der Waals surface area contributed by atoms with Gasteiger partial charge in [0.15, 0.2) is 28.9 Å². The van der Waals surface area contributed by atoms with Gasteiger partial charge >= 0.3 is 23.9 Å². The second-order valence-electron chi connectivity index (χ2n) is 9.82. The SMILES string of the molecule is CC(=O)OC[C@H]1O[C@@H](SC2=N/C(=C\c3cccs3)C(=O)N2CCc2ccccc2)[C@H](OC(C)=O)[C@@H](OC(C)=O)[C@@H]1OC(C)=O. The Bertz CT molecular complexity index is 1430. The minimum Gasteiger partial charge on any atom is -0.463 e. The minimum absolute atomic E-state index is 0.202. The zero-order chi connectivity index (χ0) is 31.8. The molecule has 44 heavy (non-hydrogen) atoms. The van der Waals surface area contributed by atoms with Crippen LogP contribution >= 0.6 is 23.1 Å². The van der Waals surface area contributed by atoms with Crippen molar-refractivity contribution in [3.8, 4) is 0 Å². The topological polar surface area (TPSA) is 147 Å². The fourth-order valence-corrected chi connectivity index (χ4v) is 6.45. The highest BCUT2D eigenvalue weighted by Gasteiger charge is 2.53. The van der Waals surface area contributed by atoms with Crippen LogP contribution in [0.25, 0.3) is 6.08 Å². The molecule has 1 amide bonds. The molecule has 0 saturated carbocycles. The summed E-state index contributed by atoms with van der Waals surface area (Å²) < 4.78 is 28.0. The van der Waals surface area contributed by atoms with Crippen LogP contribution in [-0.2, 0) is 54.1 Å². The van der Waals surface area contributed by atoms with E-state index < -0.39 is 53.7 Å². The smallest absolute Gasteiger partial charge is 0.303 e. The summed E-state index contributed by atoms with van der Waals surface area (Å²) >= 11 is 2.43. The number of nitrogens with zero attached hydrogens (tertiary/aromatic N) is 2. The Morgan fingerprint density at radius 3 is 2.18 bits per heavy atom. The number of hydrogen-bond donors (Lipinski definition) is 0. The molecule has 12 nitrogen and oxygen atoms in total. The largest absolute Gasteiger partial charge is 0.463 e. The summed E-state index contributed by atoms with van der Waals surface area (Å²) in [5.74, 6) is -3.13. The highest BCUT2D eigenvalue weighted by molar-refractivity contribution is 8.14. The minimum atomic E-state index is -1.33. The Morgan fingerprint density at radius 1 is 0.909 bits per heavy atom. The second-order valence-corrected chi connectivity index (χ2v) is 11.9. The molecule has 0 unspecified atom stereocenters. The first kappa shape index (κ1) is 32.9. The van der Waals surface area contributed by atoms with E-state index in [1.165, 1.54) is 30.1 Å². The van der Waals surface area contributed by atoms with Crippen LogP contribution in [0, 0.1) is 0 Å². The molecule has 2 aliphatic heterocycles. The van der Waals surface area contributed by atoms with Crippen LogP contribution in [0.4, 0.5) is 0 Å². The molecule has 1 saturated heterocycles. The number of amidine groups is 1. The Labute approximate surface area is 262 Å². The zero-order valence-corrected chi connectivity index (χ0v) is 26.1. The molecule has 0 bridgehead atoms. The number of hydrogen-bond acceptors (Lipinski definition) is 13. The Kier molecular flexibility index (Phi) is 11.3.